The predicted molar refractivity (Wildman–Crippen MR) is 54.6 cm³/mol. The van der Waals surface area contributed by atoms with Crippen molar-refractivity contribution in [2.45, 2.75) is 6.92 Å². The SMILES string of the molecule is CON=C(C(=O)OC)c1sccc1C. The molecule has 0 unspecified atom stereocenters. The van der Waals surface area contributed by atoms with Crippen LogP contribution in [-0.2, 0) is 14.4 Å². The summed E-state index contributed by atoms with van der Waals surface area (Å²) in [6, 6.07) is 1.91. The standard InChI is InChI=1S/C9H11NO3S/c1-6-4-5-14-8(6)7(10-13-3)9(11)12-2/h4-5H,1-3H3. The summed E-state index contributed by atoms with van der Waals surface area (Å²) in [5.74, 6) is -0.489. The first-order chi connectivity index (χ1) is 6.70. The minimum absolute atomic E-state index is 0.211. The lowest BCUT2D eigenvalue weighted by molar-refractivity contribution is -0.132. The third-order valence-corrected chi connectivity index (χ3v) is 2.66. The molecule has 0 aliphatic carbocycles. The number of aryl methyl sites for hydroxylation is 1. The van der Waals surface area contributed by atoms with Gasteiger partial charge in [-0.15, -0.1) is 11.3 Å². The number of esters is 1. The molecule has 0 atom stereocenters. The topological polar surface area (TPSA) is 47.9 Å². The fourth-order valence-corrected chi connectivity index (χ4v) is 1.87. The zero-order valence-electron chi connectivity index (χ0n) is 8.23. The number of ether oxygens (including phenoxy) is 1. The molecule has 0 radical (unpaired) electrons. The number of hydrogen-bond donors (Lipinski definition) is 0. The van der Waals surface area contributed by atoms with E-state index in [1.807, 2.05) is 18.4 Å². The van der Waals surface area contributed by atoms with Crippen LogP contribution in [0.5, 0.6) is 0 Å². The molecule has 76 valence electrons. The van der Waals surface area contributed by atoms with Crippen molar-refractivity contribution in [1.29, 1.82) is 0 Å². The third kappa shape index (κ3) is 2.11. The second kappa shape index (κ2) is 4.76. The Kier molecular flexibility index (Phi) is 3.64. The molecule has 0 amide bonds. The van der Waals surface area contributed by atoms with Crippen LogP contribution in [-0.4, -0.2) is 25.9 Å². The van der Waals surface area contributed by atoms with Gasteiger partial charge in [0.2, 0.25) is 5.71 Å². The van der Waals surface area contributed by atoms with Gasteiger partial charge in [0.1, 0.15) is 7.11 Å². The Balaban J connectivity index is 3.07. The van der Waals surface area contributed by atoms with E-state index in [-0.39, 0.29) is 5.71 Å². The van der Waals surface area contributed by atoms with Gasteiger partial charge in [-0.25, -0.2) is 4.79 Å². The molecule has 1 heterocycles. The molecule has 1 aromatic heterocycles. The van der Waals surface area contributed by atoms with E-state index in [4.69, 9.17) is 0 Å². The van der Waals surface area contributed by atoms with Crippen LogP contribution >= 0.6 is 11.3 Å². The number of methoxy groups -OCH3 is 1. The quantitative estimate of drug-likeness (QED) is 0.435. The summed E-state index contributed by atoms with van der Waals surface area (Å²) < 4.78 is 4.60. The summed E-state index contributed by atoms with van der Waals surface area (Å²) >= 11 is 1.43. The molecule has 4 nitrogen and oxygen atoms in total. The van der Waals surface area contributed by atoms with Gasteiger partial charge in [0.25, 0.3) is 0 Å². The lowest BCUT2D eigenvalue weighted by Gasteiger charge is -2.01. The van der Waals surface area contributed by atoms with Crippen molar-refractivity contribution in [3.05, 3.63) is 21.9 Å². The van der Waals surface area contributed by atoms with Crippen LogP contribution < -0.4 is 0 Å². The first-order valence-corrected chi connectivity index (χ1v) is 4.82. The Morgan fingerprint density at radius 3 is 2.64 bits per heavy atom. The summed E-state index contributed by atoms with van der Waals surface area (Å²) in [6.45, 7) is 1.90. The molecule has 0 saturated heterocycles. The highest BCUT2D eigenvalue weighted by molar-refractivity contribution is 7.13. The molecule has 5 heteroatoms. The van der Waals surface area contributed by atoms with E-state index in [0.717, 1.165) is 10.4 Å². The number of rotatable bonds is 3. The number of nitrogens with zero attached hydrogens (tertiary/aromatic N) is 1. The van der Waals surface area contributed by atoms with Gasteiger partial charge in [-0.2, -0.15) is 0 Å². The van der Waals surface area contributed by atoms with Gasteiger partial charge >= 0.3 is 5.97 Å². The maximum Gasteiger partial charge on any atom is 0.361 e. The number of thiophene rings is 1. The van der Waals surface area contributed by atoms with E-state index in [9.17, 15) is 4.79 Å². The third-order valence-electron chi connectivity index (χ3n) is 1.64. The van der Waals surface area contributed by atoms with Crippen molar-refractivity contribution >= 4 is 23.0 Å². The van der Waals surface area contributed by atoms with Crippen LogP contribution in [0, 0.1) is 6.92 Å². The fraction of sp³-hybridized carbons (Fsp3) is 0.333. The normalized spacial score (nSPS) is 11.2. The second-order valence-electron chi connectivity index (χ2n) is 2.55. The number of hydrogen-bond acceptors (Lipinski definition) is 5. The van der Waals surface area contributed by atoms with Crippen molar-refractivity contribution in [3.8, 4) is 0 Å². The number of carbonyl (C=O) groups is 1. The van der Waals surface area contributed by atoms with E-state index >= 15 is 0 Å². The predicted octanol–water partition coefficient (Wildman–Crippen LogP) is 1.58. The largest absolute Gasteiger partial charge is 0.464 e. The van der Waals surface area contributed by atoms with Gasteiger partial charge < -0.3 is 9.57 Å². The maximum absolute atomic E-state index is 11.3. The monoisotopic (exact) mass is 213 g/mol. The van der Waals surface area contributed by atoms with Crippen LogP contribution in [0.2, 0.25) is 0 Å². The molecule has 0 fully saturated rings. The van der Waals surface area contributed by atoms with Crippen molar-refractivity contribution < 1.29 is 14.4 Å². The highest BCUT2D eigenvalue weighted by Gasteiger charge is 2.18. The fourth-order valence-electron chi connectivity index (χ4n) is 0.975. The zero-order valence-corrected chi connectivity index (χ0v) is 9.05. The molecule has 14 heavy (non-hydrogen) atoms. The Bertz CT molecular complexity index is 357. The Morgan fingerprint density at radius 1 is 1.50 bits per heavy atom. The first kappa shape index (κ1) is 10.7. The van der Waals surface area contributed by atoms with Crippen LogP contribution in [0.3, 0.4) is 0 Å². The molecule has 1 rings (SSSR count). The van der Waals surface area contributed by atoms with Gasteiger partial charge in [0.05, 0.1) is 12.0 Å². The Labute approximate surface area is 86.1 Å². The summed E-state index contributed by atoms with van der Waals surface area (Å²) in [6.07, 6.45) is 0. The van der Waals surface area contributed by atoms with Gasteiger partial charge in [-0.1, -0.05) is 5.16 Å². The van der Waals surface area contributed by atoms with Crippen LogP contribution in [0.25, 0.3) is 0 Å². The molecule has 0 aliphatic heterocycles. The van der Waals surface area contributed by atoms with Gasteiger partial charge in [-0.05, 0) is 23.9 Å². The van der Waals surface area contributed by atoms with Crippen molar-refractivity contribution in [3.63, 3.8) is 0 Å². The molecule has 0 bridgehead atoms. The smallest absolute Gasteiger partial charge is 0.361 e. The summed E-state index contributed by atoms with van der Waals surface area (Å²) in [4.78, 5) is 16.7. The zero-order chi connectivity index (χ0) is 10.6. The van der Waals surface area contributed by atoms with Crippen LogP contribution in [0.1, 0.15) is 10.4 Å². The molecule has 0 aliphatic rings. The average Bonchev–Trinajstić information content (AvgIpc) is 2.60. The average molecular weight is 213 g/mol. The highest BCUT2D eigenvalue weighted by Crippen LogP contribution is 2.17. The first-order valence-electron chi connectivity index (χ1n) is 3.94. The summed E-state index contributed by atoms with van der Waals surface area (Å²) in [5, 5.41) is 5.54. The van der Waals surface area contributed by atoms with Gasteiger partial charge in [0.15, 0.2) is 0 Å². The lowest BCUT2D eigenvalue weighted by atomic mass is 10.2. The van der Waals surface area contributed by atoms with Crippen LogP contribution in [0.4, 0.5) is 0 Å². The van der Waals surface area contributed by atoms with Crippen molar-refractivity contribution in [2.24, 2.45) is 5.16 Å². The van der Waals surface area contributed by atoms with E-state index in [1.54, 1.807) is 0 Å². The number of oxime groups is 1. The van der Waals surface area contributed by atoms with Crippen LogP contribution in [0.15, 0.2) is 16.6 Å². The molecular formula is C9H11NO3S. The molecule has 0 N–H and O–H groups in total. The van der Waals surface area contributed by atoms with E-state index in [2.05, 4.69) is 14.7 Å². The molecule has 0 saturated carbocycles. The van der Waals surface area contributed by atoms with Crippen molar-refractivity contribution in [2.75, 3.05) is 14.2 Å². The van der Waals surface area contributed by atoms with Gasteiger partial charge in [0, 0.05) is 0 Å². The minimum atomic E-state index is -0.489. The minimum Gasteiger partial charge on any atom is -0.464 e. The van der Waals surface area contributed by atoms with E-state index < -0.39 is 5.97 Å². The molecule has 0 spiro atoms. The summed E-state index contributed by atoms with van der Waals surface area (Å²) in [7, 11) is 2.71. The maximum atomic E-state index is 11.3. The van der Waals surface area contributed by atoms with E-state index in [1.165, 1.54) is 25.6 Å². The lowest BCUT2D eigenvalue weighted by Crippen LogP contribution is -2.17. The Morgan fingerprint density at radius 2 is 2.21 bits per heavy atom. The molecule has 1 aromatic rings. The Hall–Kier alpha value is -1.36. The van der Waals surface area contributed by atoms with E-state index in [0.29, 0.717) is 0 Å². The number of carbonyl (C=O) groups excluding carboxylic acids is 1. The van der Waals surface area contributed by atoms with Crippen molar-refractivity contribution in [1.82, 2.24) is 0 Å². The molecule has 0 aromatic carbocycles. The molecular weight excluding hydrogens is 202 g/mol. The second-order valence-corrected chi connectivity index (χ2v) is 3.46. The summed E-state index contributed by atoms with van der Waals surface area (Å²) in [5.41, 5.74) is 1.19. The van der Waals surface area contributed by atoms with Gasteiger partial charge in [-0.3, -0.25) is 0 Å². The highest BCUT2D eigenvalue weighted by atomic mass is 32.1.